The molecule has 0 radical (unpaired) electrons. The third-order valence-electron chi connectivity index (χ3n) is 3.33. The van der Waals surface area contributed by atoms with Crippen LogP contribution in [0.2, 0.25) is 0 Å². The smallest absolute Gasteiger partial charge is 0.0524 e. The average molecular weight is 199 g/mol. The van der Waals surface area contributed by atoms with Crippen LogP contribution in [0.25, 0.3) is 0 Å². The summed E-state index contributed by atoms with van der Waals surface area (Å²) in [6.07, 6.45) is 7.57. The Hall–Kier alpha value is -0.0800. The number of aliphatic hydroxyl groups is 1. The fourth-order valence-corrected chi connectivity index (χ4v) is 2.27. The lowest BCUT2D eigenvalue weighted by Crippen LogP contribution is -2.35. The number of rotatable bonds is 4. The molecule has 0 bridgehead atoms. The van der Waals surface area contributed by atoms with Crippen LogP contribution in [-0.4, -0.2) is 23.8 Å². The standard InChI is InChI=1S/C12H25NO/c1-10-6-4-3-5-7-12(10)13-9-8-11(2)14/h10-14H,3-9H2,1-2H3. The van der Waals surface area contributed by atoms with E-state index < -0.39 is 0 Å². The monoisotopic (exact) mass is 199 g/mol. The number of hydrogen-bond acceptors (Lipinski definition) is 2. The van der Waals surface area contributed by atoms with Crippen LogP contribution in [0.1, 0.15) is 52.4 Å². The molecule has 1 fully saturated rings. The molecule has 0 aromatic carbocycles. The van der Waals surface area contributed by atoms with Crippen molar-refractivity contribution in [3.63, 3.8) is 0 Å². The van der Waals surface area contributed by atoms with Gasteiger partial charge in [-0.1, -0.05) is 26.2 Å². The van der Waals surface area contributed by atoms with Crippen LogP contribution in [0.4, 0.5) is 0 Å². The molecule has 3 atom stereocenters. The molecule has 0 aliphatic heterocycles. The molecule has 0 amide bonds. The first kappa shape index (κ1) is 12.0. The average Bonchev–Trinajstić information content (AvgIpc) is 2.31. The van der Waals surface area contributed by atoms with E-state index in [9.17, 15) is 0 Å². The Balaban J connectivity index is 2.19. The third-order valence-corrected chi connectivity index (χ3v) is 3.33. The second kappa shape index (κ2) is 6.41. The summed E-state index contributed by atoms with van der Waals surface area (Å²) in [5, 5.41) is 12.7. The highest BCUT2D eigenvalue weighted by Gasteiger charge is 2.18. The minimum Gasteiger partial charge on any atom is -0.393 e. The summed E-state index contributed by atoms with van der Waals surface area (Å²) in [5.74, 6) is 0.812. The van der Waals surface area contributed by atoms with Gasteiger partial charge in [-0.3, -0.25) is 0 Å². The van der Waals surface area contributed by atoms with Gasteiger partial charge in [-0.15, -0.1) is 0 Å². The van der Waals surface area contributed by atoms with Crippen LogP contribution in [0.3, 0.4) is 0 Å². The number of aliphatic hydroxyl groups excluding tert-OH is 1. The van der Waals surface area contributed by atoms with Gasteiger partial charge in [0.25, 0.3) is 0 Å². The zero-order chi connectivity index (χ0) is 10.4. The Morgan fingerprint density at radius 3 is 2.71 bits per heavy atom. The van der Waals surface area contributed by atoms with Gasteiger partial charge in [0.2, 0.25) is 0 Å². The van der Waals surface area contributed by atoms with Crippen LogP contribution >= 0.6 is 0 Å². The Bertz CT molecular complexity index is 147. The topological polar surface area (TPSA) is 32.3 Å². The molecule has 1 saturated carbocycles. The molecule has 2 nitrogen and oxygen atoms in total. The zero-order valence-electron chi connectivity index (χ0n) is 9.63. The van der Waals surface area contributed by atoms with E-state index in [1.165, 1.54) is 32.1 Å². The van der Waals surface area contributed by atoms with Crippen molar-refractivity contribution in [2.24, 2.45) is 5.92 Å². The van der Waals surface area contributed by atoms with Crippen LogP contribution < -0.4 is 5.32 Å². The van der Waals surface area contributed by atoms with Gasteiger partial charge in [-0.25, -0.2) is 0 Å². The van der Waals surface area contributed by atoms with Gasteiger partial charge in [0.15, 0.2) is 0 Å². The van der Waals surface area contributed by atoms with E-state index in [-0.39, 0.29) is 6.10 Å². The first-order chi connectivity index (χ1) is 6.70. The SMILES string of the molecule is CC(O)CCNC1CCCCCC1C. The molecule has 2 heteroatoms. The van der Waals surface area contributed by atoms with Gasteiger partial charge in [0, 0.05) is 6.04 Å². The molecule has 1 rings (SSSR count). The summed E-state index contributed by atoms with van der Waals surface area (Å²) >= 11 is 0. The summed E-state index contributed by atoms with van der Waals surface area (Å²) in [5.41, 5.74) is 0. The van der Waals surface area contributed by atoms with E-state index in [1.807, 2.05) is 6.92 Å². The van der Waals surface area contributed by atoms with Crippen LogP contribution in [-0.2, 0) is 0 Å². The molecule has 0 spiro atoms. The Kier molecular flexibility index (Phi) is 5.49. The molecule has 14 heavy (non-hydrogen) atoms. The molecule has 0 aromatic heterocycles. The second-order valence-corrected chi connectivity index (χ2v) is 4.81. The van der Waals surface area contributed by atoms with Crippen molar-refractivity contribution in [2.45, 2.75) is 64.5 Å². The first-order valence-electron chi connectivity index (χ1n) is 6.11. The first-order valence-corrected chi connectivity index (χ1v) is 6.11. The van der Waals surface area contributed by atoms with Crippen molar-refractivity contribution in [3.8, 4) is 0 Å². The Morgan fingerprint density at radius 1 is 1.29 bits per heavy atom. The van der Waals surface area contributed by atoms with Crippen molar-refractivity contribution in [2.75, 3.05) is 6.54 Å². The van der Waals surface area contributed by atoms with E-state index in [2.05, 4.69) is 12.2 Å². The molecule has 3 unspecified atom stereocenters. The van der Waals surface area contributed by atoms with Crippen molar-refractivity contribution in [1.29, 1.82) is 0 Å². The van der Waals surface area contributed by atoms with E-state index >= 15 is 0 Å². The second-order valence-electron chi connectivity index (χ2n) is 4.81. The lowest BCUT2D eigenvalue weighted by atomic mass is 9.97. The van der Waals surface area contributed by atoms with Gasteiger partial charge >= 0.3 is 0 Å². The largest absolute Gasteiger partial charge is 0.393 e. The maximum atomic E-state index is 9.16. The quantitative estimate of drug-likeness (QED) is 0.681. The van der Waals surface area contributed by atoms with E-state index in [0.717, 1.165) is 18.9 Å². The van der Waals surface area contributed by atoms with E-state index in [4.69, 9.17) is 5.11 Å². The normalized spacial score (nSPS) is 31.1. The van der Waals surface area contributed by atoms with Crippen molar-refractivity contribution < 1.29 is 5.11 Å². The summed E-state index contributed by atoms with van der Waals surface area (Å²) in [6, 6.07) is 0.691. The molecule has 0 saturated heterocycles. The molecule has 0 heterocycles. The summed E-state index contributed by atoms with van der Waals surface area (Å²) in [4.78, 5) is 0. The fourth-order valence-electron chi connectivity index (χ4n) is 2.27. The van der Waals surface area contributed by atoms with Crippen LogP contribution in [0, 0.1) is 5.92 Å². The van der Waals surface area contributed by atoms with E-state index in [0.29, 0.717) is 6.04 Å². The van der Waals surface area contributed by atoms with Gasteiger partial charge in [-0.05, 0) is 38.6 Å². The molecular weight excluding hydrogens is 174 g/mol. The highest BCUT2D eigenvalue weighted by molar-refractivity contribution is 4.76. The lowest BCUT2D eigenvalue weighted by Gasteiger charge is -2.23. The number of nitrogens with one attached hydrogen (secondary N) is 1. The molecule has 84 valence electrons. The van der Waals surface area contributed by atoms with E-state index in [1.54, 1.807) is 0 Å². The van der Waals surface area contributed by atoms with Gasteiger partial charge in [0.05, 0.1) is 6.10 Å². The minimum absolute atomic E-state index is 0.163. The zero-order valence-corrected chi connectivity index (χ0v) is 9.63. The summed E-state index contributed by atoms with van der Waals surface area (Å²) in [6.45, 7) is 5.18. The number of hydrogen-bond donors (Lipinski definition) is 2. The van der Waals surface area contributed by atoms with Gasteiger partial charge in [0.1, 0.15) is 0 Å². The Labute approximate surface area is 88.1 Å². The summed E-state index contributed by atoms with van der Waals surface area (Å²) in [7, 11) is 0. The molecule has 2 N–H and O–H groups in total. The van der Waals surface area contributed by atoms with Crippen LogP contribution in [0.5, 0.6) is 0 Å². The lowest BCUT2D eigenvalue weighted by molar-refractivity contribution is 0.180. The van der Waals surface area contributed by atoms with Crippen LogP contribution in [0.15, 0.2) is 0 Å². The maximum absolute atomic E-state index is 9.16. The fraction of sp³-hybridized carbons (Fsp3) is 1.00. The highest BCUT2D eigenvalue weighted by atomic mass is 16.3. The predicted molar refractivity (Wildman–Crippen MR) is 60.3 cm³/mol. The van der Waals surface area contributed by atoms with Crippen molar-refractivity contribution in [1.82, 2.24) is 5.32 Å². The highest BCUT2D eigenvalue weighted by Crippen LogP contribution is 2.22. The Morgan fingerprint density at radius 2 is 2.00 bits per heavy atom. The van der Waals surface area contributed by atoms with Crippen molar-refractivity contribution in [3.05, 3.63) is 0 Å². The maximum Gasteiger partial charge on any atom is 0.0524 e. The third kappa shape index (κ3) is 4.43. The van der Waals surface area contributed by atoms with Gasteiger partial charge < -0.3 is 10.4 Å². The van der Waals surface area contributed by atoms with Gasteiger partial charge in [-0.2, -0.15) is 0 Å². The minimum atomic E-state index is -0.163. The molecular formula is C12H25NO. The summed E-state index contributed by atoms with van der Waals surface area (Å²) < 4.78 is 0. The molecule has 1 aliphatic rings. The molecule has 1 aliphatic carbocycles. The van der Waals surface area contributed by atoms with Crippen molar-refractivity contribution >= 4 is 0 Å². The predicted octanol–water partition coefficient (Wildman–Crippen LogP) is 2.32. The molecule has 0 aromatic rings.